The van der Waals surface area contributed by atoms with Crippen molar-refractivity contribution in [3.63, 3.8) is 0 Å². The average Bonchev–Trinajstić information content (AvgIpc) is 2.91. The molecule has 0 spiro atoms. The smallest absolute Gasteiger partial charge is 0.407 e. The number of alkyl carbamates (subject to hydrolysis) is 1. The van der Waals surface area contributed by atoms with E-state index in [0.717, 1.165) is 17.1 Å². The zero-order valence-electron chi connectivity index (χ0n) is 23.0. The molecule has 7 nitrogen and oxygen atoms in total. The molecule has 1 amide bonds. The summed E-state index contributed by atoms with van der Waals surface area (Å²) >= 11 is 0. The molecule has 4 aromatic rings. The molecule has 2 heterocycles. The summed E-state index contributed by atoms with van der Waals surface area (Å²) in [6, 6.07) is 15.8. The predicted molar refractivity (Wildman–Crippen MR) is 154 cm³/mol. The number of amides is 1. The van der Waals surface area contributed by atoms with Crippen molar-refractivity contribution in [3.05, 3.63) is 78.0 Å². The molecule has 1 aliphatic heterocycles. The van der Waals surface area contributed by atoms with Crippen LogP contribution in [0.5, 0.6) is 5.75 Å². The number of carbonyl (C=O) groups is 1. The van der Waals surface area contributed by atoms with Gasteiger partial charge in [0.1, 0.15) is 29.1 Å². The number of hydrogen-bond donors (Lipinski definition) is 2. The number of hydrogen-bond acceptors (Lipinski definition) is 6. The number of pyridine rings is 1. The number of fused-ring (bicyclic) bond motifs is 1. The summed E-state index contributed by atoms with van der Waals surface area (Å²) in [6.07, 6.45) is 2.41. The third-order valence-corrected chi connectivity index (χ3v) is 7.01. The Kier molecular flexibility index (Phi) is 7.50. The molecule has 0 aliphatic carbocycles. The monoisotopic (exact) mass is 556 g/mol. The van der Waals surface area contributed by atoms with Gasteiger partial charge in [0.15, 0.2) is 0 Å². The van der Waals surface area contributed by atoms with Crippen LogP contribution in [-0.4, -0.2) is 40.9 Å². The Morgan fingerprint density at radius 2 is 1.76 bits per heavy atom. The third kappa shape index (κ3) is 6.07. The Bertz CT molecular complexity index is 1650. The lowest BCUT2D eigenvalue weighted by Crippen LogP contribution is -2.46. The number of rotatable bonds is 4. The molecule has 0 unspecified atom stereocenters. The van der Waals surface area contributed by atoms with Crippen LogP contribution in [0.25, 0.3) is 33.2 Å². The van der Waals surface area contributed by atoms with Crippen molar-refractivity contribution in [1.82, 2.24) is 10.3 Å². The van der Waals surface area contributed by atoms with Crippen molar-refractivity contribution in [2.24, 2.45) is 0 Å². The fourth-order valence-corrected chi connectivity index (χ4v) is 5.20. The summed E-state index contributed by atoms with van der Waals surface area (Å²) < 4.78 is 34.0. The molecule has 0 bridgehead atoms. The normalized spacial score (nSPS) is 14.1. The first-order valence-corrected chi connectivity index (χ1v) is 13.4. The van der Waals surface area contributed by atoms with Gasteiger partial charge >= 0.3 is 6.09 Å². The highest BCUT2D eigenvalue weighted by Gasteiger charge is 2.27. The zero-order valence-corrected chi connectivity index (χ0v) is 23.0. The van der Waals surface area contributed by atoms with Crippen LogP contribution in [0.3, 0.4) is 0 Å². The quantitative estimate of drug-likeness (QED) is 0.283. The van der Waals surface area contributed by atoms with Gasteiger partial charge in [-0.05, 0) is 75.1 Å². The van der Waals surface area contributed by atoms with Gasteiger partial charge in [0.05, 0.1) is 16.8 Å². The molecule has 0 radical (unpaired) electrons. The van der Waals surface area contributed by atoms with E-state index in [1.165, 1.54) is 12.1 Å². The first kappa shape index (κ1) is 27.8. The Balaban J connectivity index is 1.57. The fraction of sp³-hybridized carbons (Fsp3) is 0.281. The zero-order chi connectivity index (χ0) is 29.3. The SMILES string of the molecule is CC(C)(C)OC(=O)NC1CCN(c2c(-c3cc(F)cc(F)c3)cnc3ccc(-c4cccc(C#N)c4O)cc23)CC1. The maximum atomic E-state index is 14.3. The Morgan fingerprint density at radius 3 is 2.41 bits per heavy atom. The van der Waals surface area contributed by atoms with Crippen LogP contribution in [0, 0.1) is 23.0 Å². The highest BCUT2D eigenvalue weighted by atomic mass is 19.1. The second-order valence-electron chi connectivity index (χ2n) is 11.1. The molecular weight excluding hydrogens is 526 g/mol. The molecule has 1 fully saturated rings. The number of benzene rings is 3. The number of phenolic OH excluding ortho intramolecular Hbond substituents is 1. The number of nitriles is 1. The second-order valence-corrected chi connectivity index (χ2v) is 11.1. The number of aromatic hydroxyl groups is 1. The van der Waals surface area contributed by atoms with E-state index in [0.29, 0.717) is 53.7 Å². The van der Waals surface area contributed by atoms with Crippen molar-refractivity contribution in [2.45, 2.75) is 45.3 Å². The van der Waals surface area contributed by atoms with Gasteiger partial charge in [0, 0.05) is 47.9 Å². The van der Waals surface area contributed by atoms with E-state index in [-0.39, 0.29) is 17.4 Å². The minimum absolute atomic E-state index is 0.0921. The van der Waals surface area contributed by atoms with Gasteiger partial charge in [-0.15, -0.1) is 0 Å². The van der Waals surface area contributed by atoms with Gasteiger partial charge in [0.25, 0.3) is 0 Å². The molecule has 0 saturated carbocycles. The van der Waals surface area contributed by atoms with Crippen LogP contribution in [0.2, 0.25) is 0 Å². The largest absolute Gasteiger partial charge is 0.506 e. The molecule has 0 atom stereocenters. The summed E-state index contributed by atoms with van der Waals surface area (Å²) in [5.74, 6) is -1.52. The Labute approximate surface area is 237 Å². The number of anilines is 1. The number of ether oxygens (including phenoxy) is 1. The third-order valence-electron chi connectivity index (χ3n) is 7.01. The highest BCUT2D eigenvalue weighted by molar-refractivity contribution is 6.02. The van der Waals surface area contributed by atoms with Gasteiger partial charge in [-0.3, -0.25) is 4.98 Å². The van der Waals surface area contributed by atoms with Gasteiger partial charge < -0.3 is 20.1 Å². The topological polar surface area (TPSA) is 98.5 Å². The number of phenols is 1. The maximum absolute atomic E-state index is 14.3. The number of aromatic nitrogens is 1. The van der Waals surface area contributed by atoms with Crippen molar-refractivity contribution in [3.8, 4) is 34.1 Å². The summed E-state index contributed by atoms with van der Waals surface area (Å²) in [5, 5.41) is 23.8. The van der Waals surface area contributed by atoms with E-state index in [2.05, 4.69) is 15.2 Å². The lowest BCUT2D eigenvalue weighted by molar-refractivity contribution is 0.0497. The summed E-state index contributed by atoms with van der Waals surface area (Å²) in [4.78, 5) is 19.1. The minimum Gasteiger partial charge on any atom is -0.506 e. The van der Waals surface area contributed by atoms with Gasteiger partial charge in [-0.1, -0.05) is 18.2 Å². The standard InChI is InChI=1S/C32H30F2N4O3/c1-32(2,3)41-31(40)37-24-9-11-38(12-10-24)29-26-15-19(25-6-4-5-20(17-35)30(25)39)7-8-28(26)36-18-27(29)21-13-22(33)16-23(34)14-21/h4-8,13-16,18,24,39H,9-12H2,1-3H3,(H,37,40). The first-order chi connectivity index (χ1) is 19.5. The molecular formula is C32H30F2N4O3. The summed E-state index contributed by atoms with van der Waals surface area (Å²) in [6.45, 7) is 6.55. The summed E-state index contributed by atoms with van der Waals surface area (Å²) in [5.41, 5.74) is 3.02. The molecule has 41 heavy (non-hydrogen) atoms. The lowest BCUT2D eigenvalue weighted by atomic mass is 9.95. The second kappa shape index (κ2) is 11.0. The Hall–Kier alpha value is -4.71. The predicted octanol–water partition coefficient (Wildman–Crippen LogP) is 6.92. The fourth-order valence-electron chi connectivity index (χ4n) is 5.20. The summed E-state index contributed by atoms with van der Waals surface area (Å²) in [7, 11) is 0. The number of nitrogens with zero attached hydrogens (tertiary/aromatic N) is 3. The van der Waals surface area contributed by atoms with Crippen molar-refractivity contribution in [2.75, 3.05) is 18.0 Å². The molecule has 9 heteroatoms. The number of para-hydroxylation sites is 1. The molecule has 210 valence electrons. The molecule has 2 N–H and O–H groups in total. The van der Waals surface area contributed by atoms with Gasteiger partial charge in [-0.2, -0.15) is 5.26 Å². The molecule has 3 aromatic carbocycles. The van der Waals surface area contributed by atoms with E-state index in [9.17, 15) is 23.9 Å². The van der Waals surface area contributed by atoms with Crippen molar-refractivity contribution >= 4 is 22.7 Å². The van der Waals surface area contributed by atoms with Crippen LogP contribution < -0.4 is 10.2 Å². The van der Waals surface area contributed by atoms with Crippen LogP contribution in [0.1, 0.15) is 39.2 Å². The minimum atomic E-state index is -0.696. The molecule has 1 saturated heterocycles. The van der Waals surface area contributed by atoms with Crippen molar-refractivity contribution < 1.29 is 23.4 Å². The van der Waals surface area contributed by atoms with Crippen LogP contribution in [-0.2, 0) is 4.74 Å². The highest BCUT2D eigenvalue weighted by Crippen LogP contribution is 2.41. The van der Waals surface area contributed by atoms with Crippen LogP contribution >= 0.6 is 0 Å². The molecule has 5 rings (SSSR count). The number of halogens is 2. The van der Waals surface area contributed by atoms with Gasteiger partial charge in [0.2, 0.25) is 0 Å². The van der Waals surface area contributed by atoms with E-state index in [4.69, 9.17) is 4.74 Å². The van der Waals surface area contributed by atoms with E-state index >= 15 is 0 Å². The number of nitrogens with one attached hydrogen (secondary N) is 1. The van der Waals surface area contributed by atoms with E-state index in [1.54, 1.807) is 24.4 Å². The lowest BCUT2D eigenvalue weighted by Gasteiger charge is -2.36. The first-order valence-electron chi connectivity index (χ1n) is 13.4. The van der Waals surface area contributed by atoms with Crippen LogP contribution in [0.15, 0.2) is 60.8 Å². The molecule has 1 aromatic heterocycles. The average molecular weight is 557 g/mol. The van der Waals surface area contributed by atoms with Crippen LogP contribution in [0.4, 0.5) is 19.3 Å². The van der Waals surface area contributed by atoms with Gasteiger partial charge in [-0.25, -0.2) is 13.6 Å². The van der Waals surface area contributed by atoms with Crippen molar-refractivity contribution in [1.29, 1.82) is 5.26 Å². The number of carbonyl (C=O) groups excluding carboxylic acids is 1. The Morgan fingerprint density at radius 1 is 1.05 bits per heavy atom. The van der Waals surface area contributed by atoms with E-state index in [1.807, 2.05) is 45.0 Å². The maximum Gasteiger partial charge on any atom is 0.407 e. The number of piperidine rings is 1. The molecule has 1 aliphatic rings. The van der Waals surface area contributed by atoms with E-state index < -0.39 is 23.3 Å².